The van der Waals surface area contributed by atoms with Crippen molar-refractivity contribution >= 4 is 35.7 Å². The van der Waals surface area contributed by atoms with Gasteiger partial charge in [-0.05, 0) is 62.1 Å². The van der Waals surface area contributed by atoms with Gasteiger partial charge in [0.25, 0.3) is 0 Å². The number of rotatable bonds is 21. The predicted octanol–water partition coefficient (Wildman–Crippen LogP) is 5.86. The van der Waals surface area contributed by atoms with E-state index < -0.39 is 12.2 Å². The fourth-order valence-electron chi connectivity index (χ4n) is 6.25. The van der Waals surface area contributed by atoms with Crippen LogP contribution in [0.25, 0.3) is 0 Å². The normalized spacial score (nSPS) is 17.7. The zero-order chi connectivity index (χ0) is 41.0. The Hall–Kier alpha value is -5.88. The van der Waals surface area contributed by atoms with E-state index in [0.717, 1.165) is 11.4 Å². The van der Waals surface area contributed by atoms with E-state index in [1.807, 2.05) is 65.8 Å². The number of aromatic nitrogens is 6. The molecule has 6 heterocycles. The topological polar surface area (TPSA) is 197 Å². The minimum atomic E-state index is -0.405. The number of carbonyl (C=O) groups is 2. The number of anilines is 4. The van der Waals surface area contributed by atoms with Crippen LogP contribution in [-0.4, -0.2) is 107 Å². The Kier molecular flexibility index (Phi) is 14.4. The fraction of sp³-hybridized carbons (Fsp3) is 0.500. The molecule has 0 unspecified atom stereocenters. The smallest absolute Gasteiger partial charge is 0.415 e. The number of cyclic esters (lactones) is 2. The maximum absolute atomic E-state index is 12.4. The van der Waals surface area contributed by atoms with Crippen LogP contribution in [0.2, 0.25) is 0 Å². The van der Waals surface area contributed by atoms with Crippen LogP contribution in [0.15, 0.2) is 61.2 Å². The minimum Gasteiger partial charge on any atom is -0.490 e. The summed E-state index contributed by atoms with van der Waals surface area (Å²) in [7, 11) is 0. The van der Waals surface area contributed by atoms with Crippen molar-refractivity contribution in [1.29, 1.82) is 0 Å². The van der Waals surface area contributed by atoms with Gasteiger partial charge in [0, 0.05) is 12.4 Å². The van der Waals surface area contributed by atoms with Gasteiger partial charge in [-0.2, -0.15) is 9.97 Å². The second kappa shape index (κ2) is 20.0. The molecule has 2 aliphatic heterocycles. The van der Waals surface area contributed by atoms with Crippen LogP contribution in [0.4, 0.5) is 33.1 Å². The van der Waals surface area contributed by atoms with E-state index in [2.05, 4.69) is 40.5 Å². The van der Waals surface area contributed by atoms with Crippen LogP contribution >= 0.6 is 0 Å². The highest BCUT2D eigenvalue weighted by Crippen LogP contribution is 2.28. The second-order valence-electron chi connectivity index (χ2n) is 14.5. The molecule has 0 aromatic carbocycles. The number of nitrogens with zero attached hydrogens (tertiary/aromatic N) is 8. The van der Waals surface area contributed by atoms with Crippen molar-refractivity contribution in [2.24, 2.45) is 11.8 Å². The molecular weight excluding hydrogens is 749 g/mol. The number of nitrogens with one attached hydrogen (secondary N) is 2. The zero-order valence-electron chi connectivity index (χ0n) is 33.7. The molecule has 0 bridgehead atoms. The second-order valence-corrected chi connectivity index (χ2v) is 14.5. The number of ether oxygens (including phenoxy) is 6. The van der Waals surface area contributed by atoms with Crippen molar-refractivity contribution in [3.8, 4) is 11.5 Å². The standard InChI is InChI=1S/C40H52N10O8/c1-25(2)33-23-57-39(51)49(33)35-11-13-41-37(47-35)45-27(5)31-9-7-29(21-43-31)55-19-17-53-15-16-54-18-20-56-30-8-10-32(44-22-30)28(6)46-38-42-14-12-36(48-38)50-34(26(3)4)24-58-40(50)52/h7-14,21-22,25-28,33-34H,15-20,23-24H2,1-6H3,(H,41,45,47)(H,42,46,48)/t27-,28-,33+,34+/m0/s1. The monoisotopic (exact) mass is 800 g/mol. The molecule has 58 heavy (non-hydrogen) atoms. The van der Waals surface area contributed by atoms with Crippen LogP contribution in [0.3, 0.4) is 0 Å². The van der Waals surface area contributed by atoms with Gasteiger partial charge in [-0.3, -0.25) is 19.8 Å². The third-order valence-electron chi connectivity index (χ3n) is 9.59. The fourth-order valence-corrected chi connectivity index (χ4v) is 6.25. The molecule has 0 radical (unpaired) electrons. The summed E-state index contributed by atoms with van der Waals surface area (Å²) < 4.78 is 33.4. The maximum atomic E-state index is 12.4. The first-order valence-corrected chi connectivity index (χ1v) is 19.5. The average Bonchev–Trinajstić information content (AvgIpc) is 3.81. The first kappa shape index (κ1) is 41.7. The summed E-state index contributed by atoms with van der Waals surface area (Å²) in [5.74, 6) is 3.43. The maximum Gasteiger partial charge on any atom is 0.415 e. The Morgan fingerprint density at radius 2 is 1.02 bits per heavy atom. The first-order chi connectivity index (χ1) is 28.1. The summed E-state index contributed by atoms with van der Waals surface area (Å²) in [6.45, 7) is 15.1. The lowest BCUT2D eigenvalue weighted by atomic mass is 10.0. The van der Waals surface area contributed by atoms with Gasteiger partial charge in [-0.1, -0.05) is 27.7 Å². The lowest BCUT2D eigenvalue weighted by Crippen LogP contribution is -2.37. The van der Waals surface area contributed by atoms with E-state index in [9.17, 15) is 9.59 Å². The van der Waals surface area contributed by atoms with Gasteiger partial charge in [-0.25, -0.2) is 19.6 Å². The average molecular weight is 801 g/mol. The Bertz CT molecular complexity index is 1800. The van der Waals surface area contributed by atoms with Crippen molar-refractivity contribution in [3.63, 3.8) is 0 Å². The zero-order valence-corrected chi connectivity index (χ0v) is 33.7. The SMILES string of the molecule is CC(C)[C@H]1COC(=O)N1c1ccnc(N[C@@H](C)c2ccc(OCCOCCOCCOc3ccc([C@H](C)Nc4nccc(N5C(=O)OC[C@@H]5C(C)C)n4)nc3)cn2)n1. The van der Waals surface area contributed by atoms with Gasteiger partial charge < -0.3 is 39.1 Å². The van der Waals surface area contributed by atoms with Crippen LogP contribution in [-0.2, 0) is 18.9 Å². The Labute approximate surface area is 338 Å². The van der Waals surface area contributed by atoms with Crippen LogP contribution < -0.4 is 29.9 Å². The highest BCUT2D eigenvalue weighted by Gasteiger charge is 2.38. The Balaban J connectivity index is 0.822. The van der Waals surface area contributed by atoms with Gasteiger partial charge >= 0.3 is 12.2 Å². The molecule has 4 atom stereocenters. The lowest BCUT2D eigenvalue weighted by molar-refractivity contribution is 0.0273. The minimum absolute atomic E-state index is 0.0834. The molecule has 2 aliphatic rings. The summed E-state index contributed by atoms with van der Waals surface area (Å²) in [5, 5.41) is 6.51. The van der Waals surface area contributed by atoms with E-state index in [0.29, 0.717) is 87.9 Å². The van der Waals surface area contributed by atoms with Gasteiger partial charge in [0.05, 0.1) is 74.4 Å². The number of hydrogen-bond donors (Lipinski definition) is 2. The summed E-state index contributed by atoms with van der Waals surface area (Å²) in [5.41, 5.74) is 1.55. The quantitative estimate of drug-likeness (QED) is 0.0950. The van der Waals surface area contributed by atoms with Crippen molar-refractivity contribution in [1.82, 2.24) is 29.9 Å². The highest BCUT2D eigenvalue weighted by atomic mass is 16.6. The van der Waals surface area contributed by atoms with Crippen molar-refractivity contribution in [2.45, 2.75) is 65.7 Å². The van der Waals surface area contributed by atoms with Gasteiger partial charge in [0.1, 0.15) is 49.6 Å². The molecule has 0 aliphatic carbocycles. The van der Waals surface area contributed by atoms with Gasteiger partial charge in [-0.15, -0.1) is 0 Å². The van der Waals surface area contributed by atoms with Gasteiger partial charge in [0.15, 0.2) is 0 Å². The van der Waals surface area contributed by atoms with E-state index >= 15 is 0 Å². The van der Waals surface area contributed by atoms with Gasteiger partial charge in [0.2, 0.25) is 11.9 Å². The molecule has 18 nitrogen and oxygen atoms in total. The third kappa shape index (κ3) is 10.9. The Morgan fingerprint density at radius 3 is 1.40 bits per heavy atom. The molecule has 4 aromatic heterocycles. The van der Waals surface area contributed by atoms with E-state index in [1.54, 1.807) is 46.7 Å². The van der Waals surface area contributed by atoms with Crippen molar-refractivity contribution in [3.05, 3.63) is 72.6 Å². The van der Waals surface area contributed by atoms with Crippen molar-refractivity contribution < 1.29 is 38.0 Å². The van der Waals surface area contributed by atoms with Crippen LogP contribution in [0, 0.1) is 11.8 Å². The molecule has 310 valence electrons. The molecular formula is C40H52N10O8. The molecule has 0 saturated carbocycles. The molecule has 6 rings (SSSR count). The Morgan fingerprint density at radius 1 is 0.603 bits per heavy atom. The largest absolute Gasteiger partial charge is 0.490 e. The van der Waals surface area contributed by atoms with Crippen molar-refractivity contribution in [2.75, 3.05) is 73.3 Å². The molecule has 2 saturated heterocycles. The number of amides is 2. The summed E-state index contributed by atoms with van der Waals surface area (Å²) >= 11 is 0. The van der Waals surface area contributed by atoms with E-state index in [1.165, 1.54) is 0 Å². The predicted molar refractivity (Wildman–Crippen MR) is 214 cm³/mol. The summed E-state index contributed by atoms with van der Waals surface area (Å²) in [6, 6.07) is 10.3. The number of carbonyl (C=O) groups excluding carboxylic acids is 2. The molecule has 4 aromatic rings. The van der Waals surface area contributed by atoms with E-state index in [-0.39, 0.29) is 36.0 Å². The first-order valence-electron chi connectivity index (χ1n) is 19.5. The molecule has 0 spiro atoms. The molecule has 2 fully saturated rings. The third-order valence-corrected chi connectivity index (χ3v) is 9.59. The van der Waals surface area contributed by atoms with Crippen LogP contribution in [0.5, 0.6) is 11.5 Å². The summed E-state index contributed by atoms with van der Waals surface area (Å²) in [6.07, 6.45) is 5.75. The molecule has 18 heteroatoms. The van der Waals surface area contributed by atoms with E-state index in [4.69, 9.17) is 28.4 Å². The number of pyridine rings is 2. The van der Waals surface area contributed by atoms with Crippen LogP contribution in [0.1, 0.15) is 65.0 Å². The number of hydrogen-bond acceptors (Lipinski definition) is 16. The molecule has 2 amide bonds. The molecule has 2 N–H and O–H groups in total. The summed E-state index contributed by atoms with van der Waals surface area (Å²) in [4.78, 5) is 54.7. The lowest BCUT2D eigenvalue weighted by Gasteiger charge is -2.23. The highest BCUT2D eigenvalue weighted by molar-refractivity contribution is 5.90.